The molecule has 38 heavy (non-hydrogen) atoms. The summed E-state index contributed by atoms with van der Waals surface area (Å²) in [5.74, 6) is 0.689. The first-order chi connectivity index (χ1) is 18.5. The highest BCUT2D eigenvalue weighted by Gasteiger charge is 2.24. The van der Waals surface area contributed by atoms with Crippen LogP contribution in [0.1, 0.15) is 24.8 Å². The fourth-order valence-corrected chi connectivity index (χ4v) is 5.26. The van der Waals surface area contributed by atoms with Gasteiger partial charge in [0.05, 0.1) is 4.91 Å². The number of hydrogen-bond acceptors (Lipinski definition) is 8. The molecule has 2 aliphatic heterocycles. The molecule has 0 bridgehead atoms. The second-order valence-electron chi connectivity index (χ2n) is 9.95. The topological polar surface area (TPSA) is 89.4 Å². The Balaban J connectivity index is 1.18. The van der Waals surface area contributed by atoms with Crippen LogP contribution in [0.2, 0.25) is 0 Å². The molecule has 2 aromatic rings. The Labute approximate surface area is 230 Å². The Morgan fingerprint density at radius 3 is 2.63 bits per heavy atom. The van der Waals surface area contributed by atoms with Gasteiger partial charge in [0, 0.05) is 37.9 Å². The van der Waals surface area contributed by atoms with Gasteiger partial charge in [0.2, 0.25) is 0 Å². The summed E-state index contributed by atoms with van der Waals surface area (Å²) in [6.07, 6.45) is 4.39. The molecule has 9 heteroatoms. The van der Waals surface area contributed by atoms with Crippen molar-refractivity contribution in [3.8, 4) is 5.75 Å². The molecule has 2 saturated heterocycles. The van der Waals surface area contributed by atoms with Crippen LogP contribution in [0.3, 0.4) is 0 Å². The maximum atomic E-state index is 12.3. The van der Waals surface area contributed by atoms with E-state index >= 15 is 0 Å². The van der Waals surface area contributed by atoms with Crippen molar-refractivity contribution in [2.45, 2.75) is 31.4 Å². The van der Waals surface area contributed by atoms with Crippen molar-refractivity contribution in [1.82, 2.24) is 15.5 Å². The first kappa shape index (κ1) is 28.2. The smallest absolute Gasteiger partial charge is 0.264 e. The highest BCUT2D eigenvalue weighted by Crippen LogP contribution is 2.27. The number of carbonyl (C=O) groups is 1. The predicted octanol–water partition coefficient (Wildman–Crippen LogP) is 3.20. The van der Waals surface area contributed by atoms with Crippen LogP contribution in [0.25, 0.3) is 6.08 Å². The number of amidine groups is 1. The van der Waals surface area contributed by atoms with Crippen molar-refractivity contribution >= 4 is 34.6 Å². The third-order valence-electron chi connectivity index (χ3n) is 6.55. The molecule has 1 unspecified atom stereocenters. The van der Waals surface area contributed by atoms with Crippen molar-refractivity contribution in [2.75, 3.05) is 58.3 Å². The molecule has 8 nitrogen and oxygen atoms in total. The van der Waals surface area contributed by atoms with Gasteiger partial charge in [0.15, 0.2) is 5.17 Å². The quantitative estimate of drug-likeness (QED) is 0.283. The number of thioether (sulfide) groups is 1. The van der Waals surface area contributed by atoms with Gasteiger partial charge in [-0.1, -0.05) is 30.3 Å². The summed E-state index contributed by atoms with van der Waals surface area (Å²) in [7, 11) is 4.09. The normalized spacial score (nSPS) is 19.4. The molecule has 2 heterocycles. The number of ether oxygens (including phenoxy) is 1. The third kappa shape index (κ3) is 8.87. The first-order valence-corrected chi connectivity index (χ1v) is 14.1. The number of hydrogen-bond donors (Lipinski definition) is 3. The van der Waals surface area contributed by atoms with E-state index < -0.39 is 6.10 Å². The van der Waals surface area contributed by atoms with Crippen molar-refractivity contribution in [1.29, 1.82) is 0 Å². The van der Waals surface area contributed by atoms with Gasteiger partial charge in [-0.15, -0.1) is 0 Å². The Kier molecular flexibility index (Phi) is 10.6. The van der Waals surface area contributed by atoms with Gasteiger partial charge < -0.3 is 30.3 Å². The van der Waals surface area contributed by atoms with Crippen LogP contribution < -0.4 is 20.3 Å². The number of para-hydroxylation sites is 1. The number of piperidine rings is 1. The second-order valence-corrected chi connectivity index (χ2v) is 11.0. The molecule has 1 amide bonds. The number of nitrogens with one attached hydrogen (secondary N) is 2. The summed E-state index contributed by atoms with van der Waals surface area (Å²) in [5.41, 5.74) is 2.19. The standard InChI is InChI=1S/C29H39N5O3S/c1-33(2)16-6-15-30-29-32-28(36)27(38-29)19-22-9-11-24(12-10-22)34-17-13-23(14-18-34)31-20-25(35)21-37-26-7-4-3-5-8-26/h3-5,7-12,19,23,25,31,35H,6,13-18,20-21H2,1-2H3,(H,30,32,36)/b27-19-. The van der Waals surface area contributed by atoms with Crippen LogP contribution in [0, 0.1) is 0 Å². The number of carbonyl (C=O) groups excluding carboxylic acids is 1. The molecule has 4 rings (SSSR count). The Hall–Kier alpha value is -2.85. The number of anilines is 1. The van der Waals surface area contributed by atoms with Crippen molar-refractivity contribution < 1.29 is 14.6 Å². The van der Waals surface area contributed by atoms with Crippen LogP contribution in [0.4, 0.5) is 5.69 Å². The lowest BCUT2D eigenvalue weighted by Gasteiger charge is -2.34. The summed E-state index contributed by atoms with van der Waals surface area (Å²) in [6, 6.07) is 18.3. The summed E-state index contributed by atoms with van der Waals surface area (Å²) < 4.78 is 5.64. The molecule has 1 atom stereocenters. The fourth-order valence-electron chi connectivity index (χ4n) is 4.41. The number of rotatable bonds is 12. The molecule has 2 aromatic carbocycles. The van der Waals surface area contributed by atoms with Crippen LogP contribution in [0.15, 0.2) is 64.5 Å². The second kappa shape index (κ2) is 14.3. The van der Waals surface area contributed by atoms with Gasteiger partial charge in [-0.25, -0.2) is 0 Å². The maximum Gasteiger partial charge on any atom is 0.264 e. The zero-order chi connectivity index (χ0) is 26.7. The van der Waals surface area contributed by atoms with E-state index in [-0.39, 0.29) is 12.5 Å². The molecule has 0 radical (unpaired) electrons. The fraction of sp³-hybridized carbons (Fsp3) is 0.448. The molecular formula is C29H39N5O3S. The van der Waals surface area contributed by atoms with Crippen LogP contribution in [-0.4, -0.2) is 86.7 Å². The highest BCUT2D eigenvalue weighted by atomic mass is 32.2. The molecule has 3 N–H and O–H groups in total. The first-order valence-electron chi connectivity index (χ1n) is 13.3. The lowest BCUT2D eigenvalue weighted by Crippen LogP contribution is -2.45. The summed E-state index contributed by atoms with van der Waals surface area (Å²) in [6.45, 7) is 4.41. The van der Waals surface area contributed by atoms with E-state index in [0.29, 0.717) is 29.2 Å². The average molecular weight is 538 g/mol. The van der Waals surface area contributed by atoms with Gasteiger partial charge in [-0.05, 0) is 87.6 Å². The summed E-state index contributed by atoms with van der Waals surface area (Å²) in [5, 5.41) is 17.3. The number of aliphatic hydroxyl groups excluding tert-OH is 1. The number of aliphatic imine (C=N–C) groups is 1. The number of amides is 1. The molecule has 0 aliphatic carbocycles. The largest absolute Gasteiger partial charge is 0.491 e. The summed E-state index contributed by atoms with van der Waals surface area (Å²) in [4.78, 5) is 22.0. The van der Waals surface area contributed by atoms with E-state index in [9.17, 15) is 9.90 Å². The van der Waals surface area contributed by atoms with Crippen molar-refractivity contribution in [2.24, 2.45) is 4.99 Å². The molecule has 204 valence electrons. The molecule has 0 aromatic heterocycles. The zero-order valence-corrected chi connectivity index (χ0v) is 23.1. The highest BCUT2D eigenvalue weighted by molar-refractivity contribution is 8.18. The van der Waals surface area contributed by atoms with Crippen LogP contribution >= 0.6 is 11.8 Å². The maximum absolute atomic E-state index is 12.3. The van der Waals surface area contributed by atoms with E-state index in [4.69, 9.17) is 4.74 Å². The SMILES string of the molecule is CN(C)CCCN=C1NC(=O)/C(=C/c2ccc(N3CCC(NCC(O)COc4ccccc4)CC3)cc2)S1. The molecule has 0 saturated carbocycles. The Morgan fingerprint density at radius 1 is 1.18 bits per heavy atom. The monoisotopic (exact) mass is 537 g/mol. The molecule has 2 aliphatic rings. The van der Waals surface area contributed by atoms with E-state index in [2.05, 4.69) is 49.7 Å². The van der Waals surface area contributed by atoms with E-state index in [1.165, 1.54) is 17.4 Å². The minimum Gasteiger partial charge on any atom is -0.491 e. The molecular weight excluding hydrogens is 498 g/mol. The number of aliphatic hydroxyl groups is 1. The average Bonchev–Trinajstić information content (AvgIpc) is 3.28. The minimum absolute atomic E-state index is 0.0863. The molecule has 2 fully saturated rings. The summed E-state index contributed by atoms with van der Waals surface area (Å²) >= 11 is 1.41. The van der Waals surface area contributed by atoms with Gasteiger partial charge in [0.25, 0.3) is 5.91 Å². The minimum atomic E-state index is -0.541. The van der Waals surface area contributed by atoms with E-state index in [1.807, 2.05) is 50.5 Å². The van der Waals surface area contributed by atoms with Crippen molar-refractivity contribution in [3.05, 3.63) is 65.1 Å². The predicted molar refractivity (Wildman–Crippen MR) is 157 cm³/mol. The third-order valence-corrected chi connectivity index (χ3v) is 7.50. The van der Waals surface area contributed by atoms with Crippen LogP contribution in [-0.2, 0) is 4.79 Å². The number of nitrogens with zero attached hydrogens (tertiary/aromatic N) is 3. The van der Waals surface area contributed by atoms with Crippen molar-refractivity contribution in [3.63, 3.8) is 0 Å². The van der Waals surface area contributed by atoms with Gasteiger partial charge >= 0.3 is 0 Å². The Morgan fingerprint density at radius 2 is 1.92 bits per heavy atom. The lowest BCUT2D eigenvalue weighted by atomic mass is 10.0. The Bertz CT molecular complexity index is 1080. The van der Waals surface area contributed by atoms with E-state index in [0.717, 1.165) is 50.2 Å². The van der Waals surface area contributed by atoms with Gasteiger partial charge in [-0.3, -0.25) is 9.79 Å². The lowest BCUT2D eigenvalue weighted by molar-refractivity contribution is -0.115. The molecule has 0 spiro atoms. The number of benzene rings is 2. The van der Waals surface area contributed by atoms with Gasteiger partial charge in [-0.2, -0.15) is 0 Å². The van der Waals surface area contributed by atoms with Crippen LogP contribution in [0.5, 0.6) is 5.75 Å². The van der Waals surface area contributed by atoms with E-state index in [1.54, 1.807) is 0 Å². The zero-order valence-electron chi connectivity index (χ0n) is 22.3. The van der Waals surface area contributed by atoms with Gasteiger partial charge in [0.1, 0.15) is 18.5 Å².